The van der Waals surface area contributed by atoms with Crippen LogP contribution >= 0.6 is 0 Å². The van der Waals surface area contributed by atoms with Gasteiger partial charge in [0.1, 0.15) is 5.75 Å². The number of benzene rings is 2. The van der Waals surface area contributed by atoms with Gasteiger partial charge in [0.05, 0.1) is 18.5 Å². The summed E-state index contributed by atoms with van der Waals surface area (Å²) < 4.78 is 5.37. The molecular formula is C17H16N2O. The highest BCUT2D eigenvalue weighted by Gasteiger charge is 2.07. The third-order valence-corrected chi connectivity index (χ3v) is 3.28. The number of nitrogens with one attached hydrogen (secondary N) is 1. The average Bonchev–Trinajstić information content (AvgIpc) is 2.97. The summed E-state index contributed by atoms with van der Waals surface area (Å²) in [6.07, 6.45) is 0.757. The maximum atomic E-state index is 5.37. The second kappa shape index (κ2) is 5.61. The number of ether oxygens (including phenoxy) is 1. The Morgan fingerprint density at radius 1 is 1.00 bits per heavy atom. The quantitative estimate of drug-likeness (QED) is 0.780. The van der Waals surface area contributed by atoms with Crippen molar-refractivity contribution in [2.24, 2.45) is 0 Å². The molecule has 0 saturated carbocycles. The molecule has 1 heterocycles. The summed E-state index contributed by atoms with van der Waals surface area (Å²) in [6.45, 7) is 0. The van der Waals surface area contributed by atoms with Crippen LogP contribution in [0.2, 0.25) is 0 Å². The van der Waals surface area contributed by atoms with E-state index in [1.54, 1.807) is 7.11 Å². The third kappa shape index (κ3) is 2.57. The summed E-state index contributed by atoms with van der Waals surface area (Å²) in [6, 6.07) is 20.3. The van der Waals surface area contributed by atoms with Crippen LogP contribution < -0.4 is 4.74 Å². The number of H-pyrrole nitrogens is 1. The predicted molar refractivity (Wildman–Crippen MR) is 79.8 cm³/mol. The minimum absolute atomic E-state index is 0.757. The van der Waals surface area contributed by atoms with Crippen molar-refractivity contribution in [3.8, 4) is 17.0 Å². The minimum Gasteiger partial charge on any atom is -0.496 e. The molecule has 20 heavy (non-hydrogen) atoms. The van der Waals surface area contributed by atoms with Gasteiger partial charge in [-0.3, -0.25) is 5.10 Å². The van der Waals surface area contributed by atoms with Crippen molar-refractivity contribution in [3.63, 3.8) is 0 Å². The highest BCUT2D eigenvalue weighted by atomic mass is 16.5. The Labute approximate surface area is 118 Å². The zero-order chi connectivity index (χ0) is 13.8. The monoisotopic (exact) mass is 264 g/mol. The average molecular weight is 264 g/mol. The second-order valence-corrected chi connectivity index (χ2v) is 4.63. The molecule has 3 rings (SSSR count). The molecule has 2 aromatic carbocycles. The molecule has 0 radical (unpaired) electrons. The normalized spacial score (nSPS) is 10.4. The largest absolute Gasteiger partial charge is 0.496 e. The zero-order valence-electron chi connectivity index (χ0n) is 11.3. The molecule has 3 nitrogen and oxygen atoms in total. The molecular weight excluding hydrogens is 248 g/mol. The number of rotatable bonds is 4. The van der Waals surface area contributed by atoms with Crippen molar-refractivity contribution in [3.05, 3.63) is 71.9 Å². The van der Waals surface area contributed by atoms with E-state index >= 15 is 0 Å². The summed E-state index contributed by atoms with van der Waals surface area (Å²) >= 11 is 0. The van der Waals surface area contributed by atoms with Crippen molar-refractivity contribution in [2.75, 3.05) is 7.11 Å². The number of para-hydroxylation sites is 1. The van der Waals surface area contributed by atoms with Crippen LogP contribution in [0.5, 0.6) is 5.75 Å². The van der Waals surface area contributed by atoms with E-state index in [2.05, 4.69) is 34.5 Å². The Bertz CT molecular complexity index is 689. The first kappa shape index (κ1) is 12.5. The van der Waals surface area contributed by atoms with Gasteiger partial charge in [0.15, 0.2) is 0 Å². The van der Waals surface area contributed by atoms with E-state index in [1.807, 2.05) is 36.4 Å². The fourth-order valence-electron chi connectivity index (χ4n) is 2.26. The molecule has 0 aliphatic heterocycles. The second-order valence-electron chi connectivity index (χ2n) is 4.63. The minimum atomic E-state index is 0.757. The van der Waals surface area contributed by atoms with Gasteiger partial charge in [0.2, 0.25) is 0 Å². The third-order valence-electron chi connectivity index (χ3n) is 3.28. The maximum absolute atomic E-state index is 5.37. The van der Waals surface area contributed by atoms with Gasteiger partial charge in [-0.2, -0.15) is 5.10 Å². The predicted octanol–water partition coefficient (Wildman–Crippen LogP) is 3.68. The first-order valence-corrected chi connectivity index (χ1v) is 6.58. The van der Waals surface area contributed by atoms with E-state index in [0.29, 0.717) is 0 Å². The Morgan fingerprint density at radius 2 is 1.75 bits per heavy atom. The van der Waals surface area contributed by atoms with Crippen LogP contribution in [0, 0.1) is 0 Å². The van der Waals surface area contributed by atoms with Gasteiger partial charge in [-0.15, -0.1) is 0 Å². The molecule has 3 aromatic rings. The molecule has 0 spiro atoms. The Kier molecular flexibility index (Phi) is 3.50. The molecule has 1 N–H and O–H groups in total. The van der Waals surface area contributed by atoms with Gasteiger partial charge < -0.3 is 4.74 Å². The first-order chi connectivity index (χ1) is 9.86. The van der Waals surface area contributed by atoms with E-state index in [-0.39, 0.29) is 0 Å². The molecule has 0 aliphatic carbocycles. The first-order valence-electron chi connectivity index (χ1n) is 6.58. The number of methoxy groups -OCH3 is 1. The summed E-state index contributed by atoms with van der Waals surface area (Å²) in [4.78, 5) is 0. The lowest BCUT2D eigenvalue weighted by atomic mass is 10.1. The maximum Gasteiger partial charge on any atom is 0.122 e. The lowest BCUT2D eigenvalue weighted by Crippen LogP contribution is -1.93. The van der Waals surface area contributed by atoms with Crippen LogP contribution in [0.25, 0.3) is 11.3 Å². The van der Waals surface area contributed by atoms with Crippen LogP contribution in [0.4, 0.5) is 0 Å². The molecule has 0 bridgehead atoms. The molecule has 0 fully saturated rings. The van der Waals surface area contributed by atoms with Crippen LogP contribution in [-0.4, -0.2) is 17.3 Å². The highest BCUT2D eigenvalue weighted by molar-refractivity contribution is 5.59. The summed E-state index contributed by atoms with van der Waals surface area (Å²) in [5.74, 6) is 0.900. The van der Waals surface area contributed by atoms with E-state index < -0.39 is 0 Å². The van der Waals surface area contributed by atoms with Crippen LogP contribution in [0.3, 0.4) is 0 Å². The summed E-state index contributed by atoms with van der Waals surface area (Å²) in [5.41, 5.74) is 4.33. The lowest BCUT2D eigenvalue weighted by molar-refractivity contribution is 0.410. The number of aromatic nitrogens is 2. The van der Waals surface area contributed by atoms with Crippen LogP contribution in [0.1, 0.15) is 11.3 Å². The molecule has 100 valence electrons. The van der Waals surface area contributed by atoms with Crippen molar-refractivity contribution < 1.29 is 4.74 Å². The van der Waals surface area contributed by atoms with E-state index in [9.17, 15) is 0 Å². The Balaban J connectivity index is 1.84. The molecule has 3 heteroatoms. The summed E-state index contributed by atoms with van der Waals surface area (Å²) in [7, 11) is 1.69. The van der Waals surface area contributed by atoms with E-state index in [0.717, 1.165) is 34.7 Å². The molecule has 1 aromatic heterocycles. The molecule has 0 saturated heterocycles. The van der Waals surface area contributed by atoms with Gasteiger partial charge in [0.25, 0.3) is 0 Å². The number of hydrogen-bond donors (Lipinski definition) is 1. The highest BCUT2D eigenvalue weighted by Crippen LogP contribution is 2.22. The van der Waals surface area contributed by atoms with E-state index in [4.69, 9.17) is 4.74 Å². The van der Waals surface area contributed by atoms with Crippen molar-refractivity contribution >= 4 is 0 Å². The summed E-state index contributed by atoms with van der Waals surface area (Å²) in [5, 5.41) is 7.47. The van der Waals surface area contributed by atoms with Crippen molar-refractivity contribution in [1.29, 1.82) is 0 Å². The smallest absolute Gasteiger partial charge is 0.122 e. The fourth-order valence-corrected chi connectivity index (χ4v) is 2.26. The zero-order valence-corrected chi connectivity index (χ0v) is 11.3. The van der Waals surface area contributed by atoms with E-state index in [1.165, 1.54) is 0 Å². The SMILES string of the molecule is COc1ccccc1Cc1cc(-c2ccccc2)[nH]n1. The Morgan fingerprint density at radius 3 is 2.55 bits per heavy atom. The molecule has 0 aliphatic rings. The van der Waals surface area contributed by atoms with Crippen molar-refractivity contribution in [2.45, 2.75) is 6.42 Å². The molecule has 0 amide bonds. The lowest BCUT2D eigenvalue weighted by Gasteiger charge is -2.05. The standard InChI is InChI=1S/C17H16N2O/c1-20-17-10-6-5-9-14(17)11-15-12-16(19-18-15)13-7-3-2-4-8-13/h2-10,12H,11H2,1H3,(H,18,19). The van der Waals surface area contributed by atoms with Gasteiger partial charge in [-0.1, -0.05) is 48.5 Å². The molecule has 0 unspecified atom stereocenters. The van der Waals surface area contributed by atoms with Gasteiger partial charge in [0, 0.05) is 12.0 Å². The van der Waals surface area contributed by atoms with Crippen molar-refractivity contribution in [1.82, 2.24) is 10.2 Å². The number of nitrogens with zero attached hydrogens (tertiary/aromatic N) is 1. The number of aromatic amines is 1. The number of hydrogen-bond acceptors (Lipinski definition) is 2. The van der Waals surface area contributed by atoms with Crippen LogP contribution in [0.15, 0.2) is 60.7 Å². The Hall–Kier alpha value is -2.55. The topological polar surface area (TPSA) is 37.9 Å². The van der Waals surface area contributed by atoms with Gasteiger partial charge in [-0.25, -0.2) is 0 Å². The van der Waals surface area contributed by atoms with Gasteiger partial charge in [-0.05, 0) is 17.7 Å². The molecule has 0 atom stereocenters. The fraction of sp³-hybridized carbons (Fsp3) is 0.118. The van der Waals surface area contributed by atoms with Gasteiger partial charge >= 0.3 is 0 Å². The van der Waals surface area contributed by atoms with Crippen LogP contribution in [-0.2, 0) is 6.42 Å².